The van der Waals surface area contributed by atoms with E-state index in [1.807, 2.05) is 6.92 Å². The first-order valence-corrected chi connectivity index (χ1v) is 8.39. The van der Waals surface area contributed by atoms with Gasteiger partial charge in [-0.25, -0.2) is 0 Å². The predicted molar refractivity (Wildman–Crippen MR) is 95.5 cm³/mol. The van der Waals surface area contributed by atoms with Crippen molar-refractivity contribution in [2.24, 2.45) is 0 Å². The topological polar surface area (TPSA) is 106 Å². The highest BCUT2D eigenvalue weighted by Crippen LogP contribution is 2.23. The van der Waals surface area contributed by atoms with E-state index in [1.165, 1.54) is 15.8 Å². The molecule has 3 heterocycles. The monoisotopic (exact) mass is 425 g/mol. The van der Waals surface area contributed by atoms with E-state index in [-0.39, 0.29) is 18.3 Å². The smallest absolute Gasteiger partial charge is 0.404 e. The summed E-state index contributed by atoms with van der Waals surface area (Å²) in [6.07, 6.45) is 3.06. The molecule has 2 aromatic heterocycles. The van der Waals surface area contributed by atoms with Gasteiger partial charge in [-0.05, 0) is 52.1 Å². The van der Waals surface area contributed by atoms with Crippen LogP contribution in [0.3, 0.4) is 0 Å². The molecule has 0 radical (unpaired) electrons. The molecule has 1 aliphatic heterocycles. The van der Waals surface area contributed by atoms with E-state index >= 15 is 0 Å². The van der Waals surface area contributed by atoms with Gasteiger partial charge in [0.25, 0.3) is 5.91 Å². The zero-order valence-corrected chi connectivity index (χ0v) is 15.3. The molecular formula is C14H12BrN5O4S. The molecule has 0 aromatic carbocycles. The number of hydrogen-bond donors (Lipinski definition) is 1. The number of amides is 1. The van der Waals surface area contributed by atoms with Gasteiger partial charge >= 0.3 is 5.82 Å². The second-order valence-corrected chi connectivity index (χ2v) is 6.34. The van der Waals surface area contributed by atoms with Crippen LogP contribution in [0.15, 0.2) is 32.9 Å². The number of hydrogen-bond acceptors (Lipinski definition) is 6. The summed E-state index contributed by atoms with van der Waals surface area (Å²) in [7, 11) is 0. The number of carbonyl (C=O) groups is 1. The van der Waals surface area contributed by atoms with E-state index in [9.17, 15) is 14.9 Å². The molecule has 1 fully saturated rings. The first-order chi connectivity index (χ1) is 11.9. The number of aromatic nitrogens is 2. The molecule has 9 nitrogen and oxygen atoms in total. The van der Waals surface area contributed by atoms with Crippen LogP contribution < -0.4 is 5.32 Å². The average molecular weight is 426 g/mol. The average Bonchev–Trinajstić information content (AvgIpc) is 3.20. The number of rotatable bonds is 5. The Morgan fingerprint density at radius 3 is 2.88 bits per heavy atom. The molecule has 2 aromatic rings. The fraction of sp³-hybridized carbons (Fsp3) is 0.214. The molecule has 25 heavy (non-hydrogen) atoms. The van der Waals surface area contributed by atoms with Crippen LogP contribution in [0.5, 0.6) is 0 Å². The molecular weight excluding hydrogens is 414 g/mol. The number of nitrogens with zero attached hydrogens (tertiary/aromatic N) is 4. The van der Waals surface area contributed by atoms with Gasteiger partial charge in [-0.3, -0.25) is 9.69 Å². The lowest BCUT2D eigenvalue weighted by molar-refractivity contribution is -0.390. The molecule has 1 N–H and O–H groups in total. The molecule has 0 bridgehead atoms. The number of furan rings is 1. The highest BCUT2D eigenvalue weighted by Gasteiger charge is 2.29. The Labute approximate surface area is 155 Å². The molecule has 130 valence electrons. The van der Waals surface area contributed by atoms with Gasteiger partial charge in [0.05, 0.1) is 11.3 Å². The van der Waals surface area contributed by atoms with Crippen molar-refractivity contribution in [1.82, 2.24) is 20.0 Å². The molecule has 3 rings (SSSR count). The van der Waals surface area contributed by atoms with Gasteiger partial charge in [0.15, 0.2) is 5.11 Å². The van der Waals surface area contributed by atoms with Gasteiger partial charge in [-0.1, -0.05) is 0 Å². The van der Waals surface area contributed by atoms with Crippen molar-refractivity contribution in [3.63, 3.8) is 0 Å². The van der Waals surface area contributed by atoms with Gasteiger partial charge in [-0.2, -0.15) is 4.68 Å². The Kier molecular flexibility index (Phi) is 4.68. The maximum absolute atomic E-state index is 12.1. The van der Waals surface area contributed by atoms with Crippen molar-refractivity contribution in [3.8, 4) is 0 Å². The minimum atomic E-state index is -0.571. The molecule has 0 saturated carbocycles. The van der Waals surface area contributed by atoms with Gasteiger partial charge in [-0.15, -0.1) is 0 Å². The highest BCUT2D eigenvalue weighted by atomic mass is 79.9. The van der Waals surface area contributed by atoms with Crippen molar-refractivity contribution < 1.29 is 14.1 Å². The van der Waals surface area contributed by atoms with E-state index in [4.69, 9.17) is 16.6 Å². The summed E-state index contributed by atoms with van der Waals surface area (Å²) in [5.41, 5.74) is 0.338. The van der Waals surface area contributed by atoms with Crippen LogP contribution in [0.1, 0.15) is 18.4 Å². The van der Waals surface area contributed by atoms with Gasteiger partial charge in [0, 0.05) is 12.6 Å². The van der Waals surface area contributed by atoms with E-state index in [1.54, 1.807) is 18.2 Å². The zero-order chi connectivity index (χ0) is 18.1. The number of nitrogens with one attached hydrogen (secondary N) is 1. The summed E-state index contributed by atoms with van der Waals surface area (Å²) in [6.45, 7) is 2.54. The van der Waals surface area contributed by atoms with Crippen LogP contribution in [0, 0.1) is 10.1 Å². The summed E-state index contributed by atoms with van der Waals surface area (Å²) >= 11 is 8.18. The number of halogens is 1. The third-order valence-corrected chi connectivity index (χ3v) is 4.32. The summed E-state index contributed by atoms with van der Waals surface area (Å²) in [5, 5.41) is 17.9. The molecule has 1 saturated heterocycles. The van der Waals surface area contributed by atoms with Gasteiger partial charge < -0.3 is 19.8 Å². The summed E-state index contributed by atoms with van der Waals surface area (Å²) in [5.74, 6) is 0.532. The molecule has 0 aliphatic carbocycles. The lowest BCUT2D eigenvalue weighted by atomic mass is 10.3. The maximum Gasteiger partial charge on any atom is 0.404 e. The first-order valence-electron chi connectivity index (χ1n) is 7.19. The van der Waals surface area contributed by atoms with Crippen LogP contribution in [0.2, 0.25) is 0 Å². The second-order valence-electron chi connectivity index (χ2n) is 5.10. The second kappa shape index (κ2) is 6.76. The standard InChI is InChI=1S/C14H12BrN5O4S/c1-2-19-13(21)11(16-14(19)25)5-8-3-4-9(24-8)6-18-7-10(15)12(17-18)20(22)23/h3-5,7H,2,6H2,1H3,(H,16,25)/b11-5+. The summed E-state index contributed by atoms with van der Waals surface area (Å²) in [4.78, 5) is 23.8. The third kappa shape index (κ3) is 3.46. The number of carbonyl (C=O) groups excluding carboxylic acids is 1. The lowest BCUT2D eigenvalue weighted by Crippen LogP contribution is -2.30. The Bertz CT molecular complexity index is 903. The zero-order valence-electron chi connectivity index (χ0n) is 12.9. The van der Waals surface area contributed by atoms with Crippen LogP contribution in [-0.4, -0.2) is 37.2 Å². The fourth-order valence-electron chi connectivity index (χ4n) is 2.31. The Balaban J connectivity index is 1.76. The van der Waals surface area contributed by atoms with Crippen molar-refractivity contribution in [2.75, 3.05) is 6.54 Å². The molecule has 0 atom stereocenters. The van der Waals surface area contributed by atoms with Crippen molar-refractivity contribution >= 4 is 51.1 Å². The van der Waals surface area contributed by atoms with Crippen LogP contribution in [0.4, 0.5) is 5.82 Å². The molecule has 0 unspecified atom stereocenters. The van der Waals surface area contributed by atoms with E-state index in [2.05, 4.69) is 26.3 Å². The Hall–Kier alpha value is -2.53. The van der Waals surface area contributed by atoms with Gasteiger partial charge in [0.2, 0.25) is 0 Å². The quantitative estimate of drug-likeness (QED) is 0.338. The number of likely N-dealkylation sites (N-methyl/N-ethyl adjacent to an activating group) is 1. The molecule has 0 spiro atoms. The first kappa shape index (κ1) is 17.3. The van der Waals surface area contributed by atoms with Gasteiger partial charge in [0.1, 0.15) is 28.2 Å². The minimum absolute atomic E-state index is 0.211. The van der Waals surface area contributed by atoms with Crippen molar-refractivity contribution in [1.29, 1.82) is 0 Å². The predicted octanol–water partition coefficient (Wildman–Crippen LogP) is 2.27. The van der Waals surface area contributed by atoms with E-state index in [0.29, 0.717) is 33.3 Å². The minimum Gasteiger partial charge on any atom is -0.460 e. The Morgan fingerprint density at radius 2 is 2.28 bits per heavy atom. The maximum atomic E-state index is 12.1. The van der Waals surface area contributed by atoms with Crippen molar-refractivity contribution in [3.05, 3.63) is 50.1 Å². The number of nitro groups is 1. The normalized spacial score (nSPS) is 15.9. The summed E-state index contributed by atoms with van der Waals surface area (Å²) in [6, 6.07) is 3.41. The SMILES string of the molecule is CCN1C(=O)/C(=C\c2ccc(Cn3cc(Br)c([N+](=O)[O-])n3)o2)NC1=S. The molecule has 1 amide bonds. The van der Waals surface area contributed by atoms with Crippen molar-refractivity contribution in [2.45, 2.75) is 13.5 Å². The van der Waals surface area contributed by atoms with E-state index < -0.39 is 4.92 Å². The fourth-order valence-corrected chi connectivity index (χ4v) is 3.09. The van der Waals surface area contributed by atoms with Crippen LogP contribution in [0.25, 0.3) is 6.08 Å². The molecule has 1 aliphatic rings. The highest BCUT2D eigenvalue weighted by molar-refractivity contribution is 9.10. The lowest BCUT2D eigenvalue weighted by Gasteiger charge is -2.08. The summed E-state index contributed by atoms with van der Waals surface area (Å²) < 4.78 is 7.32. The molecule has 11 heteroatoms. The van der Waals surface area contributed by atoms with Crippen LogP contribution in [-0.2, 0) is 11.3 Å². The Morgan fingerprint density at radius 1 is 1.52 bits per heavy atom. The number of thiocarbonyl (C=S) groups is 1. The largest absolute Gasteiger partial charge is 0.460 e. The third-order valence-electron chi connectivity index (χ3n) is 3.44. The van der Waals surface area contributed by atoms with Crippen LogP contribution >= 0.6 is 28.1 Å². The van der Waals surface area contributed by atoms with E-state index in [0.717, 1.165) is 0 Å².